The smallest absolute Gasteiger partial charge is 0.272 e. The van der Waals surface area contributed by atoms with Crippen LogP contribution in [-0.2, 0) is 15.3 Å². The topological polar surface area (TPSA) is 40.6 Å². The number of carbonyl (C=O) groups excluding carboxylic acids is 2. The van der Waals surface area contributed by atoms with Gasteiger partial charge in [0.05, 0.1) is 16.2 Å². The molecule has 2 aliphatic heterocycles. The van der Waals surface area contributed by atoms with Gasteiger partial charge in [-0.2, -0.15) is 0 Å². The minimum atomic E-state index is -0.257. The summed E-state index contributed by atoms with van der Waals surface area (Å²) < 4.78 is 0. The second-order valence-corrected chi connectivity index (χ2v) is 9.34. The molecule has 0 bridgehead atoms. The van der Waals surface area contributed by atoms with Gasteiger partial charge in [-0.3, -0.25) is 9.59 Å². The summed E-state index contributed by atoms with van der Waals surface area (Å²) in [6.45, 7) is 2.11. The van der Waals surface area contributed by atoms with Gasteiger partial charge in [-0.1, -0.05) is 60.7 Å². The predicted octanol–water partition coefficient (Wildman–Crippen LogP) is 5.89. The van der Waals surface area contributed by atoms with Crippen molar-refractivity contribution in [3.8, 4) is 0 Å². The lowest BCUT2D eigenvalue weighted by Crippen LogP contribution is -2.32. The van der Waals surface area contributed by atoms with Crippen LogP contribution in [0.3, 0.4) is 0 Å². The zero-order valence-electron chi connectivity index (χ0n) is 18.4. The molecule has 1 saturated heterocycles. The fourth-order valence-electron chi connectivity index (χ4n) is 4.43. The summed E-state index contributed by atoms with van der Waals surface area (Å²) in [7, 11) is 0. The maximum atomic E-state index is 13.5. The van der Waals surface area contributed by atoms with Gasteiger partial charge in [0.1, 0.15) is 0 Å². The van der Waals surface area contributed by atoms with Gasteiger partial charge >= 0.3 is 0 Å². The van der Waals surface area contributed by atoms with Gasteiger partial charge in [0, 0.05) is 24.5 Å². The van der Waals surface area contributed by atoms with Crippen LogP contribution in [0.2, 0.25) is 0 Å². The molecule has 0 aromatic heterocycles. The van der Waals surface area contributed by atoms with Gasteiger partial charge in [-0.25, -0.2) is 4.90 Å². The molecule has 0 unspecified atom stereocenters. The number of amides is 2. The van der Waals surface area contributed by atoms with E-state index < -0.39 is 0 Å². The van der Waals surface area contributed by atoms with Crippen LogP contribution in [0.1, 0.15) is 30.4 Å². The molecule has 2 amide bonds. The number of hydrogen-bond donors (Lipinski definition) is 0. The van der Waals surface area contributed by atoms with Crippen molar-refractivity contribution in [2.45, 2.75) is 25.0 Å². The fourth-order valence-corrected chi connectivity index (χ4v) is 5.50. The summed E-state index contributed by atoms with van der Waals surface area (Å²) in [5.74, 6) is 0.130. The monoisotopic (exact) mass is 454 g/mol. The van der Waals surface area contributed by atoms with Gasteiger partial charge in [0.15, 0.2) is 0 Å². The Balaban J connectivity index is 1.44. The van der Waals surface area contributed by atoms with Gasteiger partial charge in [0.25, 0.3) is 11.8 Å². The standard InChI is InChI=1S/C28H26N2O2S/c31-27-25(22-12-6-2-7-13-22)26(33-20-21-10-4-1-5-11-21)28(32)30(27)24-16-14-23(15-17-24)29-18-8-3-9-19-29/h1-2,4-7,10-17H,3,8-9,18-20H2. The number of nitrogens with zero attached hydrogens (tertiary/aromatic N) is 2. The summed E-state index contributed by atoms with van der Waals surface area (Å²) >= 11 is 1.44. The molecule has 0 radical (unpaired) electrons. The summed E-state index contributed by atoms with van der Waals surface area (Å²) in [5.41, 5.74) is 4.15. The van der Waals surface area contributed by atoms with E-state index in [-0.39, 0.29) is 11.8 Å². The van der Waals surface area contributed by atoms with Crippen LogP contribution in [-0.4, -0.2) is 24.9 Å². The molecular formula is C28H26N2O2S. The first-order valence-corrected chi connectivity index (χ1v) is 12.4. The maximum absolute atomic E-state index is 13.5. The molecule has 0 saturated carbocycles. The number of thioether (sulfide) groups is 1. The average molecular weight is 455 g/mol. The van der Waals surface area contributed by atoms with Crippen LogP contribution >= 0.6 is 11.8 Å². The number of imide groups is 1. The van der Waals surface area contributed by atoms with Crippen LogP contribution in [0.25, 0.3) is 5.57 Å². The molecule has 5 rings (SSSR count). The van der Waals surface area contributed by atoms with E-state index >= 15 is 0 Å². The Morgan fingerprint density at radius 1 is 0.667 bits per heavy atom. The lowest BCUT2D eigenvalue weighted by molar-refractivity contribution is -0.119. The molecule has 3 aromatic rings. The van der Waals surface area contributed by atoms with Crippen LogP contribution in [0, 0.1) is 0 Å². The first-order chi connectivity index (χ1) is 16.2. The van der Waals surface area contributed by atoms with E-state index in [0.717, 1.165) is 29.9 Å². The third kappa shape index (κ3) is 4.46. The third-order valence-electron chi connectivity index (χ3n) is 6.16. The van der Waals surface area contributed by atoms with Crippen molar-refractivity contribution in [1.29, 1.82) is 0 Å². The highest BCUT2D eigenvalue weighted by Gasteiger charge is 2.40. The van der Waals surface area contributed by atoms with Crippen LogP contribution in [0.4, 0.5) is 11.4 Å². The van der Waals surface area contributed by atoms with E-state index in [9.17, 15) is 9.59 Å². The molecule has 0 atom stereocenters. The highest BCUT2D eigenvalue weighted by atomic mass is 32.2. The molecule has 4 nitrogen and oxygen atoms in total. The number of benzene rings is 3. The van der Waals surface area contributed by atoms with E-state index in [4.69, 9.17) is 0 Å². The first-order valence-electron chi connectivity index (χ1n) is 11.4. The lowest BCUT2D eigenvalue weighted by atomic mass is 10.1. The highest BCUT2D eigenvalue weighted by molar-refractivity contribution is 8.03. The quantitative estimate of drug-likeness (QED) is 0.435. The molecule has 166 valence electrons. The summed E-state index contributed by atoms with van der Waals surface area (Å²) in [5, 5.41) is 0. The molecule has 1 fully saturated rings. The van der Waals surface area contributed by atoms with Crippen molar-refractivity contribution in [2.75, 3.05) is 22.9 Å². The van der Waals surface area contributed by atoms with E-state index in [2.05, 4.69) is 4.90 Å². The van der Waals surface area contributed by atoms with E-state index in [1.807, 2.05) is 84.9 Å². The van der Waals surface area contributed by atoms with E-state index in [0.29, 0.717) is 21.9 Å². The average Bonchev–Trinajstić information content (AvgIpc) is 3.13. The van der Waals surface area contributed by atoms with E-state index in [1.54, 1.807) is 0 Å². The summed E-state index contributed by atoms with van der Waals surface area (Å²) in [6.07, 6.45) is 3.69. The Morgan fingerprint density at radius 2 is 1.27 bits per heavy atom. The fraction of sp³-hybridized carbons (Fsp3) is 0.214. The molecule has 33 heavy (non-hydrogen) atoms. The zero-order chi connectivity index (χ0) is 22.6. The van der Waals surface area contributed by atoms with Crippen molar-refractivity contribution < 1.29 is 9.59 Å². The Kier molecular flexibility index (Phi) is 6.31. The second kappa shape index (κ2) is 9.67. The normalized spacial score (nSPS) is 16.6. The maximum Gasteiger partial charge on any atom is 0.272 e. The number of hydrogen-bond acceptors (Lipinski definition) is 4. The number of carbonyl (C=O) groups is 2. The number of piperidine rings is 1. The Morgan fingerprint density at radius 3 is 1.94 bits per heavy atom. The molecular weight excluding hydrogens is 428 g/mol. The van der Waals surface area contributed by atoms with Crippen molar-refractivity contribution >= 4 is 40.5 Å². The molecule has 2 heterocycles. The van der Waals surface area contributed by atoms with Crippen LogP contribution in [0.15, 0.2) is 89.8 Å². The largest absolute Gasteiger partial charge is 0.372 e. The Bertz CT molecular complexity index is 1170. The molecule has 0 spiro atoms. The minimum Gasteiger partial charge on any atom is -0.372 e. The molecule has 2 aliphatic rings. The third-order valence-corrected chi connectivity index (χ3v) is 7.30. The van der Waals surface area contributed by atoms with Crippen LogP contribution < -0.4 is 9.80 Å². The number of anilines is 2. The van der Waals surface area contributed by atoms with Gasteiger partial charge < -0.3 is 4.90 Å². The molecule has 0 aliphatic carbocycles. The lowest BCUT2D eigenvalue weighted by Gasteiger charge is -2.29. The molecule has 3 aromatic carbocycles. The molecule has 5 heteroatoms. The van der Waals surface area contributed by atoms with Crippen molar-refractivity contribution in [1.82, 2.24) is 0 Å². The van der Waals surface area contributed by atoms with Crippen LogP contribution in [0.5, 0.6) is 0 Å². The minimum absolute atomic E-state index is 0.245. The highest BCUT2D eigenvalue weighted by Crippen LogP contribution is 2.40. The summed E-state index contributed by atoms with van der Waals surface area (Å²) in [4.78, 5) is 31.3. The Labute approximate surface area is 198 Å². The number of rotatable bonds is 6. The Hall–Kier alpha value is -3.31. The van der Waals surface area contributed by atoms with Gasteiger partial charge in [0.2, 0.25) is 0 Å². The SMILES string of the molecule is O=C1C(SCc2ccccc2)=C(c2ccccc2)C(=O)N1c1ccc(N2CCCCC2)cc1. The van der Waals surface area contributed by atoms with Crippen molar-refractivity contribution in [3.05, 3.63) is 101 Å². The second-order valence-electron chi connectivity index (χ2n) is 8.35. The van der Waals surface area contributed by atoms with Crippen molar-refractivity contribution in [3.63, 3.8) is 0 Å². The van der Waals surface area contributed by atoms with Gasteiger partial charge in [-0.05, 0) is 54.7 Å². The van der Waals surface area contributed by atoms with Gasteiger partial charge in [-0.15, -0.1) is 11.8 Å². The predicted molar refractivity (Wildman–Crippen MR) is 136 cm³/mol. The zero-order valence-corrected chi connectivity index (χ0v) is 19.3. The summed E-state index contributed by atoms with van der Waals surface area (Å²) in [6, 6.07) is 27.4. The van der Waals surface area contributed by atoms with E-state index in [1.165, 1.54) is 35.9 Å². The molecule has 0 N–H and O–H groups in total. The first kappa shape index (κ1) is 21.5. The van der Waals surface area contributed by atoms with Crippen molar-refractivity contribution in [2.24, 2.45) is 0 Å².